The van der Waals surface area contributed by atoms with E-state index in [1.807, 2.05) is 72.3 Å². The highest BCUT2D eigenvalue weighted by molar-refractivity contribution is 6.66. The lowest BCUT2D eigenvalue weighted by Crippen LogP contribution is -2.54. The summed E-state index contributed by atoms with van der Waals surface area (Å²) in [6.07, 6.45) is 7.36. The number of carbonyl (C=O) groups is 2. The number of fused-ring (bicyclic) bond motifs is 1. The van der Waals surface area contributed by atoms with Gasteiger partial charge in [0, 0.05) is 30.1 Å². The highest BCUT2D eigenvalue weighted by atomic mass is 35.5. The van der Waals surface area contributed by atoms with Crippen LogP contribution in [0.15, 0.2) is 12.3 Å². The molecule has 2 amide bonds. The molecule has 0 saturated carbocycles. The van der Waals surface area contributed by atoms with Gasteiger partial charge in [0.15, 0.2) is 6.23 Å². The predicted octanol–water partition coefficient (Wildman–Crippen LogP) is 6.53. The lowest BCUT2D eigenvalue weighted by molar-refractivity contribution is -0.0366. The molecule has 13 heteroatoms. The van der Waals surface area contributed by atoms with Crippen LogP contribution >= 0.6 is 11.6 Å². The fourth-order valence-corrected chi connectivity index (χ4v) is 6.83. The van der Waals surface area contributed by atoms with Gasteiger partial charge in [0.05, 0.1) is 35.1 Å². The molecule has 0 aliphatic carbocycles. The Morgan fingerprint density at radius 3 is 2.49 bits per heavy atom. The van der Waals surface area contributed by atoms with Crippen LogP contribution in [0.3, 0.4) is 0 Å². The molecule has 1 aromatic carbocycles. The van der Waals surface area contributed by atoms with Crippen LogP contribution in [0.5, 0.6) is 0 Å². The van der Waals surface area contributed by atoms with Crippen LogP contribution in [0.4, 0.5) is 9.59 Å². The summed E-state index contributed by atoms with van der Waals surface area (Å²) in [5.74, 6) is 0. The van der Waals surface area contributed by atoms with Crippen LogP contribution in [-0.2, 0) is 29.9 Å². The van der Waals surface area contributed by atoms with Gasteiger partial charge in [-0.1, -0.05) is 11.6 Å². The van der Waals surface area contributed by atoms with Crippen LogP contribution in [0.2, 0.25) is 5.02 Å². The van der Waals surface area contributed by atoms with Gasteiger partial charge in [0.25, 0.3) is 0 Å². The zero-order chi connectivity index (χ0) is 34.2. The second-order valence-corrected chi connectivity index (χ2v) is 15.9. The van der Waals surface area contributed by atoms with Crippen molar-refractivity contribution in [3.8, 4) is 0 Å². The van der Waals surface area contributed by atoms with Gasteiger partial charge in [0.1, 0.15) is 5.60 Å². The Kier molecular flexibility index (Phi) is 10.5. The van der Waals surface area contributed by atoms with Crippen molar-refractivity contribution in [2.24, 2.45) is 0 Å². The number of nitrogens with zero attached hydrogens (tertiary/aromatic N) is 3. The van der Waals surface area contributed by atoms with E-state index in [1.165, 1.54) is 0 Å². The van der Waals surface area contributed by atoms with Gasteiger partial charge >= 0.3 is 19.3 Å². The summed E-state index contributed by atoms with van der Waals surface area (Å²) in [4.78, 5) is 27.5. The zero-order valence-electron chi connectivity index (χ0n) is 29.4. The number of amides is 2. The summed E-state index contributed by atoms with van der Waals surface area (Å²) < 4.78 is 32.3. The SMILES string of the molecule is CC1(NC(=O)OCCCc2c(Cl)cc3c(cnn3C3CCCCO3)c2B2OC(C)(C)C(C)(C)O2)CCCCN(C(=O)OC(C)(C)C)C1. The molecular formula is C34H52BClN4O7. The van der Waals surface area contributed by atoms with E-state index >= 15 is 0 Å². The number of nitrogens with one attached hydrogen (secondary N) is 1. The fourth-order valence-electron chi connectivity index (χ4n) is 6.53. The Morgan fingerprint density at radius 1 is 1.11 bits per heavy atom. The molecule has 3 aliphatic rings. The standard InChI is InChI=1S/C34H52BClN4O7/c1-31(2,3)45-30(42)39-17-11-10-16-34(8,22-39)38-29(41)44-19-13-14-23-25(36)20-26-24(21-37-40(26)27-15-9-12-18-43-27)28(23)35-46-32(4,5)33(6,7)47-35/h20-21,27H,9-19,22H2,1-8H3,(H,38,41). The van der Waals surface area contributed by atoms with E-state index in [2.05, 4.69) is 5.32 Å². The monoisotopic (exact) mass is 674 g/mol. The topological polar surface area (TPSA) is 113 Å². The molecule has 11 nitrogen and oxygen atoms in total. The summed E-state index contributed by atoms with van der Waals surface area (Å²) in [6, 6.07) is 1.95. The highest BCUT2D eigenvalue weighted by Crippen LogP contribution is 2.39. The van der Waals surface area contributed by atoms with Crippen LogP contribution in [0.25, 0.3) is 10.9 Å². The molecule has 3 saturated heterocycles. The number of aromatic nitrogens is 2. The molecule has 1 N–H and O–H groups in total. The van der Waals surface area contributed by atoms with Crippen LogP contribution in [-0.4, -0.2) is 82.6 Å². The van der Waals surface area contributed by atoms with E-state index in [1.54, 1.807) is 4.90 Å². The van der Waals surface area contributed by atoms with E-state index in [-0.39, 0.29) is 18.9 Å². The number of halogens is 1. The quantitative estimate of drug-likeness (QED) is 0.261. The summed E-state index contributed by atoms with van der Waals surface area (Å²) in [7, 11) is -0.645. The fraction of sp³-hybridized carbons (Fsp3) is 0.735. The Hall–Kier alpha value is -2.54. The molecule has 1 aromatic heterocycles. The largest absolute Gasteiger partial charge is 0.495 e. The highest BCUT2D eigenvalue weighted by Gasteiger charge is 2.53. The van der Waals surface area contributed by atoms with Crippen molar-refractivity contribution in [3.05, 3.63) is 22.8 Å². The Bertz CT molecular complexity index is 1440. The number of hydrogen-bond donors (Lipinski definition) is 1. The molecule has 0 spiro atoms. The maximum absolute atomic E-state index is 13.0. The first-order valence-corrected chi connectivity index (χ1v) is 17.4. The third-order valence-electron chi connectivity index (χ3n) is 9.72. The van der Waals surface area contributed by atoms with Crippen molar-refractivity contribution >= 4 is 47.3 Å². The molecule has 4 heterocycles. The van der Waals surface area contributed by atoms with Crippen molar-refractivity contribution in [2.75, 3.05) is 26.3 Å². The van der Waals surface area contributed by atoms with Crippen molar-refractivity contribution in [3.63, 3.8) is 0 Å². The number of likely N-dealkylation sites (tertiary alicyclic amines) is 1. The third kappa shape index (κ3) is 8.20. The summed E-state index contributed by atoms with van der Waals surface area (Å²) in [5.41, 5.74) is 0.307. The normalized spacial score (nSPS) is 24.7. The molecule has 260 valence electrons. The zero-order valence-corrected chi connectivity index (χ0v) is 30.1. The van der Waals surface area contributed by atoms with Gasteiger partial charge < -0.3 is 33.7 Å². The molecule has 47 heavy (non-hydrogen) atoms. The molecule has 2 unspecified atom stereocenters. The van der Waals surface area contributed by atoms with E-state index in [9.17, 15) is 9.59 Å². The first-order valence-electron chi connectivity index (χ1n) is 17.1. The molecule has 0 bridgehead atoms. The van der Waals surface area contributed by atoms with E-state index in [4.69, 9.17) is 40.2 Å². The lowest BCUT2D eigenvalue weighted by atomic mass is 9.73. The minimum Gasteiger partial charge on any atom is -0.450 e. The van der Waals surface area contributed by atoms with Gasteiger partial charge in [-0.3, -0.25) is 0 Å². The number of benzene rings is 1. The predicted molar refractivity (Wildman–Crippen MR) is 182 cm³/mol. The second kappa shape index (κ2) is 13.8. The van der Waals surface area contributed by atoms with Gasteiger partial charge in [-0.25, -0.2) is 14.3 Å². The number of alkyl carbamates (subject to hydrolysis) is 1. The van der Waals surface area contributed by atoms with Crippen molar-refractivity contribution in [1.82, 2.24) is 20.0 Å². The van der Waals surface area contributed by atoms with Crippen LogP contribution in [0.1, 0.15) is 112 Å². The first kappa shape index (κ1) is 35.8. The van der Waals surface area contributed by atoms with E-state index in [0.29, 0.717) is 37.6 Å². The molecule has 5 rings (SSSR count). The molecule has 3 fully saturated rings. The molecule has 0 radical (unpaired) electrons. The maximum atomic E-state index is 13.0. The molecular weight excluding hydrogens is 623 g/mol. The van der Waals surface area contributed by atoms with Gasteiger partial charge in [0.2, 0.25) is 0 Å². The van der Waals surface area contributed by atoms with Crippen molar-refractivity contribution < 1.29 is 33.1 Å². The number of carbonyl (C=O) groups excluding carboxylic acids is 2. The van der Waals surface area contributed by atoms with Gasteiger partial charge in [-0.15, -0.1) is 0 Å². The lowest BCUT2D eigenvalue weighted by Gasteiger charge is -2.34. The van der Waals surface area contributed by atoms with Gasteiger partial charge in [-0.05, 0) is 124 Å². The van der Waals surface area contributed by atoms with Crippen molar-refractivity contribution in [1.29, 1.82) is 0 Å². The average Bonchev–Trinajstić information content (AvgIpc) is 3.39. The Labute approximate surface area is 284 Å². The minimum absolute atomic E-state index is 0.146. The number of hydrogen-bond acceptors (Lipinski definition) is 8. The smallest absolute Gasteiger partial charge is 0.450 e. The van der Waals surface area contributed by atoms with Gasteiger partial charge in [-0.2, -0.15) is 5.10 Å². The van der Waals surface area contributed by atoms with Crippen LogP contribution < -0.4 is 10.8 Å². The molecule has 2 aromatic rings. The Morgan fingerprint density at radius 2 is 1.83 bits per heavy atom. The average molecular weight is 675 g/mol. The molecule has 3 aliphatic heterocycles. The van der Waals surface area contributed by atoms with E-state index in [0.717, 1.165) is 60.5 Å². The summed E-state index contributed by atoms with van der Waals surface area (Å²) in [6.45, 7) is 17.4. The Balaban J connectivity index is 1.28. The summed E-state index contributed by atoms with van der Waals surface area (Å²) >= 11 is 7.02. The van der Waals surface area contributed by atoms with E-state index < -0.39 is 35.6 Å². The van der Waals surface area contributed by atoms with Crippen LogP contribution in [0, 0.1) is 0 Å². The third-order valence-corrected chi connectivity index (χ3v) is 10.1. The maximum Gasteiger partial charge on any atom is 0.495 e. The number of ether oxygens (including phenoxy) is 3. The number of rotatable bonds is 7. The van der Waals surface area contributed by atoms with Crippen molar-refractivity contribution in [2.45, 2.75) is 135 Å². The molecule has 2 atom stereocenters. The minimum atomic E-state index is -0.645. The first-order chi connectivity index (χ1) is 22.0. The summed E-state index contributed by atoms with van der Waals surface area (Å²) in [5, 5.41) is 9.26. The second-order valence-electron chi connectivity index (χ2n) is 15.5.